The van der Waals surface area contributed by atoms with Crippen LogP contribution < -0.4 is 10.2 Å². The van der Waals surface area contributed by atoms with Crippen molar-refractivity contribution in [3.05, 3.63) is 24.3 Å². The van der Waals surface area contributed by atoms with Gasteiger partial charge in [-0.1, -0.05) is 23.5 Å². The number of para-hydroxylation sites is 1. The molecule has 0 saturated carbocycles. The fraction of sp³-hybridized carbons (Fsp3) is 0.600. The van der Waals surface area contributed by atoms with Crippen LogP contribution in [0.2, 0.25) is 0 Å². The maximum absolute atomic E-state index is 12.6. The van der Waals surface area contributed by atoms with E-state index < -0.39 is 0 Å². The highest BCUT2D eigenvalue weighted by Crippen LogP contribution is 2.33. The number of aliphatic hydroxyl groups excluding tert-OH is 1. The summed E-state index contributed by atoms with van der Waals surface area (Å²) < 4.78 is 6.71. The van der Waals surface area contributed by atoms with Crippen LogP contribution in [0, 0.1) is 11.3 Å². The summed E-state index contributed by atoms with van der Waals surface area (Å²) in [5, 5.41) is 13.5. The second kappa shape index (κ2) is 8.12. The Balaban J connectivity index is 1.30. The van der Waals surface area contributed by atoms with Crippen LogP contribution in [0.4, 0.5) is 5.13 Å². The summed E-state index contributed by atoms with van der Waals surface area (Å²) in [6.07, 6.45) is 3.30. The summed E-state index contributed by atoms with van der Waals surface area (Å²) >= 11 is 1.72. The van der Waals surface area contributed by atoms with Gasteiger partial charge in [0.15, 0.2) is 5.13 Å². The van der Waals surface area contributed by atoms with E-state index in [2.05, 4.69) is 16.3 Å². The van der Waals surface area contributed by atoms with E-state index in [9.17, 15) is 9.90 Å². The fourth-order valence-electron chi connectivity index (χ4n) is 4.06. The number of nitrogens with one attached hydrogen (secondary N) is 1. The molecule has 0 bridgehead atoms. The number of benzene rings is 1. The number of aliphatic hydroxyl groups is 1. The monoisotopic (exact) mass is 389 g/mol. The molecule has 1 aromatic carbocycles. The van der Waals surface area contributed by atoms with Gasteiger partial charge in [-0.3, -0.25) is 4.79 Å². The number of rotatable bonds is 6. The van der Waals surface area contributed by atoms with Crippen LogP contribution in [-0.4, -0.2) is 55.5 Å². The molecule has 1 amide bonds. The maximum Gasteiger partial charge on any atom is 0.223 e. The van der Waals surface area contributed by atoms with Gasteiger partial charge < -0.3 is 20.1 Å². The zero-order valence-electron chi connectivity index (χ0n) is 15.5. The number of thiazole rings is 1. The number of fused-ring (bicyclic) bond motifs is 1. The lowest BCUT2D eigenvalue weighted by Crippen LogP contribution is -2.44. The number of aromatic nitrogens is 1. The van der Waals surface area contributed by atoms with Gasteiger partial charge in [-0.15, -0.1) is 0 Å². The summed E-state index contributed by atoms with van der Waals surface area (Å²) in [5.41, 5.74) is 0.955. The summed E-state index contributed by atoms with van der Waals surface area (Å²) in [6, 6.07) is 8.21. The van der Waals surface area contributed by atoms with Crippen molar-refractivity contribution in [1.82, 2.24) is 10.3 Å². The summed E-state index contributed by atoms with van der Waals surface area (Å²) in [4.78, 5) is 19.7. The van der Waals surface area contributed by atoms with Gasteiger partial charge in [-0.05, 0) is 37.8 Å². The van der Waals surface area contributed by atoms with Crippen molar-refractivity contribution in [2.75, 3.05) is 44.4 Å². The molecule has 7 heteroatoms. The van der Waals surface area contributed by atoms with Crippen LogP contribution in [0.15, 0.2) is 24.3 Å². The lowest BCUT2D eigenvalue weighted by atomic mass is 9.83. The molecule has 2 fully saturated rings. The Bertz CT molecular complexity index is 747. The molecule has 2 saturated heterocycles. The van der Waals surface area contributed by atoms with E-state index in [4.69, 9.17) is 9.72 Å². The first kappa shape index (κ1) is 18.7. The first-order valence-electron chi connectivity index (χ1n) is 9.76. The van der Waals surface area contributed by atoms with Gasteiger partial charge in [0.1, 0.15) is 0 Å². The van der Waals surface area contributed by atoms with Crippen LogP contribution in [0.3, 0.4) is 0 Å². The fourth-order valence-corrected chi connectivity index (χ4v) is 5.08. The molecule has 2 N–H and O–H groups in total. The smallest absolute Gasteiger partial charge is 0.223 e. The zero-order chi connectivity index (χ0) is 18.7. The molecule has 2 aliphatic heterocycles. The number of hydrogen-bond acceptors (Lipinski definition) is 6. The predicted molar refractivity (Wildman–Crippen MR) is 107 cm³/mol. The molecule has 3 heterocycles. The first-order valence-corrected chi connectivity index (χ1v) is 10.6. The number of carbonyl (C=O) groups excluding carboxylic acids is 1. The highest BCUT2D eigenvalue weighted by Gasteiger charge is 2.35. The Hall–Kier alpha value is -1.70. The average molecular weight is 390 g/mol. The summed E-state index contributed by atoms with van der Waals surface area (Å²) in [7, 11) is 0. The second-order valence-electron chi connectivity index (χ2n) is 7.72. The normalized spacial score (nSPS) is 23.8. The number of anilines is 1. The lowest BCUT2D eigenvalue weighted by Gasteiger charge is -2.32. The summed E-state index contributed by atoms with van der Waals surface area (Å²) in [5.74, 6) is 0.201. The standard InChI is InChI=1S/C20H27N3O3S/c24-11-7-20(8-12-26-14-20)13-21-18(25)15-5-9-23(10-6-15)19-22-16-3-1-2-4-17(16)27-19/h1-4,15,24H,5-14H2,(H,21,25). The molecule has 0 radical (unpaired) electrons. The lowest BCUT2D eigenvalue weighted by molar-refractivity contribution is -0.126. The van der Waals surface area contributed by atoms with Crippen LogP contribution in [0.5, 0.6) is 0 Å². The number of ether oxygens (including phenoxy) is 1. The molecule has 2 aromatic rings. The van der Waals surface area contributed by atoms with E-state index in [1.165, 1.54) is 4.70 Å². The Kier molecular flexibility index (Phi) is 5.61. The molecule has 1 aromatic heterocycles. The molecule has 6 nitrogen and oxygen atoms in total. The van der Waals surface area contributed by atoms with E-state index >= 15 is 0 Å². The number of carbonyl (C=O) groups is 1. The number of hydrogen-bond donors (Lipinski definition) is 2. The molecule has 4 rings (SSSR count). The van der Waals surface area contributed by atoms with E-state index in [0.29, 0.717) is 19.6 Å². The Labute approximate surface area is 163 Å². The minimum Gasteiger partial charge on any atom is -0.396 e. The van der Waals surface area contributed by atoms with Crippen molar-refractivity contribution in [2.24, 2.45) is 11.3 Å². The Morgan fingerprint density at radius 3 is 2.89 bits per heavy atom. The third-order valence-corrected chi connectivity index (χ3v) is 6.98. The number of amides is 1. The molecular weight excluding hydrogens is 362 g/mol. The molecule has 1 unspecified atom stereocenters. The quantitative estimate of drug-likeness (QED) is 0.794. The first-order chi connectivity index (χ1) is 13.2. The van der Waals surface area contributed by atoms with Gasteiger partial charge in [-0.2, -0.15) is 0 Å². The number of nitrogens with zero attached hydrogens (tertiary/aromatic N) is 2. The van der Waals surface area contributed by atoms with Crippen LogP contribution in [0.1, 0.15) is 25.7 Å². The van der Waals surface area contributed by atoms with Gasteiger partial charge >= 0.3 is 0 Å². The summed E-state index contributed by atoms with van der Waals surface area (Å²) in [6.45, 7) is 3.82. The van der Waals surface area contributed by atoms with E-state index in [-0.39, 0.29) is 23.8 Å². The third kappa shape index (κ3) is 4.10. The topological polar surface area (TPSA) is 74.7 Å². The molecule has 146 valence electrons. The van der Waals surface area contributed by atoms with E-state index in [0.717, 1.165) is 49.6 Å². The zero-order valence-corrected chi connectivity index (χ0v) is 16.3. The molecule has 1 atom stereocenters. The average Bonchev–Trinajstić information content (AvgIpc) is 3.34. The number of piperidine rings is 1. The predicted octanol–water partition coefficient (Wildman–Crippen LogP) is 2.42. The molecular formula is C20H27N3O3S. The minimum absolute atomic E-state index is 0.0594. The van der Waals surface area contributed by atoms with Crippen molar-refractivity contribution in [3.8, 4) is 0 Å². The minimum atomic E-state index is -0.0912. The second-order valence-corrected chi connectivity index (χ2v) is 8.73. The Morgan fingerprint density at radius 1 is 1.37 bits per heavy atom. The van der Waals surface area contributed by atoms with Gasteiger partial charge in [0.2, 0.25) is 5.91 Å². The van der Waals surface area contributed by atoms with Crippen LogP contribution in [0.25, 0.3) is 10.2 Å². The molecule has 0 aliphatic carbocycles. The van der Waals surface area contributed by atoms with Gasteiger partial charge in [0, 0.05) is 44.2 Å². The van der Waals surface area contributed by atoms with Crippen molar-refractivity contribution in [3.63, 3.8) is 0 Å². The highest BCUT2D eigenvalue weighted by atomic mass is 32.1. The largest absolute Gasteiger partial charge is 0.396 e. The highest BCUT2D eigenvalue weighted by molar-refractivity contribution is 7.22. The van der Waals surface area contributed by atoms with Crippen molar-refractivity contribution in [1.29, 1.82) is 0 Å². The third-order valence-electron chi connectivity index (χ3n) is 5.88. The van der Waals surface area contributed by atoms with Gasteiger partial charge in [0.05, 0.1) is 16.8 Å². The maximum atomic E-state index is 12.6. The van der Waals surface area contributed by atoms with Crippen molar-refractivity contribution in [2.45, 2.75) is 25.7 Å². The van der Waals surface area contributed by atoms with Gasteiger partial charge in [0.25, 0.3) is 0 Å². The molecule has 0 spiro atoms. The van der Waals surface area contributed by atoms with Crippen molar-refractivity contribution < 1.29 is 14.6 Å². The van der Waals surface area contributed by atoms with E-state index in [1.54, 1.807) is 11.3 Å². The van der Waals surface area contributed by atoms with E-state index in [1.807, 2.05) is 18.2 Å². The SMILES string of the molecule is O=C(NCC1(CCO)CCOC1)C1CCN(c2nc3ccccc3s2)CC1. The molecule has 2 aliphatic rings. The molecule has 27 heavy (non-hydrogen) atoms. The van der Waals surface area contributed by atoms with Crippen LogP contribution >= 0.6 is 11.3 Å². The van der Waals surface area contributed by atoms with Crippen LogP contribution in [-0.2, 0) is 9.53 Å². The Morgan fingerprint density at radius 2 is 2.19 bits per heavy atom. The van der Waals surface area contributed by atoms with Crippen molar-refractivity contribution >= 4 is 32.6 Å². The van der Waals surface area contributed by atoms with Gasteiger partial charge in [-0.25, -0.2) is 4.98 Å².